The topological polar surface area (TPSA) is 25.8 Å². The quantitative estimate of drug-likeness (QED) is 0.624. The highest BCUT2D eigenvalue weighted by Gasteiger charge is 2.17. The monoisotopic (exact) mass is 396 g/mol. The molecule has 0 saturated carbocycles. The Morgan fingerprint density at radius 1 is 0.920 bits per heavy atom. The maximum absolute atomic E-state index is 5.52. The van der Waals surface area contributed by atoms with Gasteiger partial charge >= 0.3 is 0 Å². The molecular formula is C22H23BrNO+. The molecule has 0 saturated heterocycles. The lowest BCUT2D eigenvalue weighted by Crippen LogP contribution is -2.84. The summed E-state index contributed by atoms with van der Waals surface area (Å²) in [7, 11) is 1.73. The molecule has 0 radical (unpaired) electrons. The predicted molar refractivity (Wildman–Crippen MR) is 106 cm³/mol. The summed E-state index contributed by atoms with van der Waals surface area (Å²) in [5.74, 6) is 0.936. The van der Waals surface area contributed by atoms with Crippen LogP contribution in [0.3, 0.4) is 0 Å². The predicted octanol–water partition coefficient (Wildman–Crippen LogP) is 4.51. The van der Waals surface area contributed by atoms with E-state index in [1.807, 2.05) is 12.1 Å². The first-order valence-electron chi connectivity index (χ1n) is 8.51. The van der Waals surface area contributed by atoms with Gasteiger partial charge in [0, 0.05) is 22.0 Å². The summed E-state index contributed by atoms with van der Waals surface area (Å²) >= 11 is 3.56. The summed E-state index contributed by atoms with van der Waals surface area (Å²) in [5.41, 5.74) is 3.90. The van der Waals surface area contributed by atoms with Crippen LogP contribution in [0, 0.1) is 0 Å². The van der Waals surface area contributed by atoms with Crippen molar-refractivity contribution in [2.75, 3.05) is 7.11 Å². The molecule has 3 rings (SSSR count). The number of hydrogen-bond acceptors (Lipinski definition) is 1. The highest BCUT2D eigenvalue weighted by molar-refractivity contribution is 9.10. The van der Waals surface area contributed by atoms with Crippen LogP contribution in [-0.2, 0) is 13.0 Å². The average Bonchev–Trinajstić information content (AvgIpc) is 2.67. The molecule has 0 aliphatic rings. The van der Waals surface area contributed by atoms with Crippen molar-refractivity contribution in [2.24, 2.45) is 0 Å². The highest BCUT2D eigenvalue weighted by Crippen LogP contribution is 2.22. The van der Waals surface area contributed by atoms with Crippen LogP contribution < -0.4 is 10.1 Å². The summed E-state index contributed by atoms with van der Waals surface area (Å²) in [4.78, 5) is 0. The van der Waals surface area contributed by atoms with Gasteiger partial charge in [-0.25, -0.2) is 0 Å². The van der Waals surface area contributed by atoms with E-state index in [1.54, 1.807) is 7.11 Å². The number of ether oxygens (including phenoxy) is 1. The molecule has 0 aliphatic carbocycles. The lowest BCUT2D eigenvalue weighted by atomic mass is 9.98. The smallest absolute Gasteiger partial charge is 0.127 e. The second kappa shape index (κ2) is 8.84. The van der Waals surface area contributed by atoms with Crippen LogP contribution in [0.15, 0.2) is 83.3 Å². The number of methoxy groups -OCH3 is 1. The molecule has 0 fully saturated rings. The van der Waals surface area contributed by atoms with Crippen molar-refractivity contribution in [2.45, 2.75) is 19.0 Å². The average molecular weight is 397 g/mol. The standard InChI is InChI=1S/C22H22BrNO/c1-25-22-13-12-20(23)15-19(22)16-24-21(18-10-6-3-7-11-18)14-17-8-4-2-5-9-17/h2-13,15,21,24H,14,16H2,1H3/p+1/t21-/m1/s1. The molecule has 0 spiro atoms. The molecule has 0 amide bonds. The first kappa shape index (κ1) is 17.7. The van der Waals surface area contributed by atoms with Crippen LogP contribution in [-0.4, -0.2) is 7.11 Å². The minimum Gasteiger partial charge on any atom is -0.496 e. The Hall–Kier alpha value is -2.10. The molecule has 25 heavy (non-hydrogen) atoms. The molecule has 0 aromatic heterocycles. The Labute approximate surface area is 158 Å². The van der Waals surface area contributed by atoms with Gasteiger partial charge in [-0.15, -0.1) is 0 Å². The van der Waals surface area contributed by atoms with Gasteiger partial charge in [0.25, 0.3) is 0 Å². The minimum absolute atomic E-state index is 0.368. The van der Waals surface area contributed by atoms with Crippen LogP contribution >= 0.6 is 15.9 Å². The molecule has 2 N–H and O–H groups in total. The Bertz CT molecular complexity index is 790. The van der Waals surface area contributed by atoms with Crippen LogP contribution in [0.4, 0.5) is 0 Å². The van der Waals surface area contributed by atoms with Crippen molar-refractivity contribution in [1.82, 2.24) is 0 Å². The van der Waals surface area contributed by atoms with E-state index in [0.29, 0.717) is 6.04 Å². The fourth-order valence-corrected chi connectivity index (χ4v) is 3.49. The Balaban J connectivity index is 1.79. The van der Waals surface area contributed by atoms with Gasteiger partial charge in [0.2, 0.25) is 0 Å². The normalized spacial score (nSPS) is 11.9. The largest absolute Gasteiger partial charge is 0.496 e. The lowest BCUT2D eigenvalue weighted by molar-refractivity contribution is -0.711. The van der Waals surface area contributed by atoms with Crippen molar-refractivity contribution < 1.29 is 10.1 Å². The summed E-state index contributed by atoms with van der Waals surface area (Å²) in [5, 5.41) is 2.40. The molecule has 0 heterocycles. The Morgan fingerprint density at radius 2 is 1.60 bits per heavy atom. The van der Waals surface area contributed by atoms with Crippen LogP contribution in [0.25, 0.3) is 0 Å². The Kier molecular flexibility index (Phi) is 6.26. The number of benzene rings is 3. The molecule has 3 heteroatoms. The summed E-state index contributed by atoms with van der Waals surface area (Å²) in [6.45, 7) is 0.870. The molecule has 0 bridgehead atoms. The number of quaternary nitrogens is 1. The molecule has 0 aliphatic heterocycles. The zero-order valence-corrected chi connectivity index (χ0v) is 15.9. The molecular weight excluding hydrogens is 374 g/mol. The number of nitrogens with two attached hydrogens (primary N) is 1. The van der Waals surface area contributed by atoms with E-state index >= 15 is 0 Å². The van der Waals surface area contributed by atoms with Gasteiger partial charge in [0.15, 0.2) is 0 Å². The van der Waals surface area contributed by atoms with E-state index in [0.717, 1.165) is 23.2 Å². The summed E-state index contributed by atoms with van der Waals surface area (Å²) < 4.78 is 6.60. The van der Waals surface area contributed by atoms with Crippen molar-refractivity contribution in [3.8, 4) is 5.75 Å². The van der Waals surface area contributed by atoms with Gasteiger partial charge in [-0.1, -0.05) is 76.6 Å². The maximum atomic E-state index is 5.52. The van der Waals surface area contributed by atoms with Crippen molar-refractivity contribution >= 4 is 15.9 Å². The summed E-state index contributed by atoms with van der Waals surface area (Å²) in [6, 6.07) is 27.9. The molecule has 3 aromatic carbocycles. The van der Waals surface area contributed by atoms with E-state index in [1.165, 1.54) is 16.7 Å². The molecule has 3 aromatic rings. The van der Waals surface area contributed by atoms with E-state index in [2.05, 4.69) is 88.0 Å². The lowest BCUT2D eigenvalue weighted by Gasteiger charge is -2.17. The van der Waals surface area contributed by atoms with Crippen LogP contribution in [0.2, 0.25) is 0 Å². The van der Waals surface area contributed by atoms with Crippen molar-refractivity contribution in [3.05, 3.63) is 100 Å². The Morgan fingerprint density at radius 3 is 2.28 bits per heavy atom. The number of hydrogen-bond donors (Lipinski definition) is 1. The zero-order valence-electron chi connectivity index (χ0n) is 14.4. The molecule has 2 nitrogen and oxygen atoms in total. The SMILES string of the molecule is COc1ccc(Br)cc1C[NH2+][C@H](Cc1ccccc1)c1ccccc1. The van der Waals surface area contributed by atoms with Crippen LogP contribution in [0.5, 0.6) is 5.75 Å². The molecule has 128 valence electrons. The van der Waals surface area contributed by atoms with Gasteiger partial charge < -0.3 is 10.1 Å². The highest BCUT2D eigenvalue weighted by atomic mass is 79.9. The van der Waals surface area contributed by atoms with E-state index < -0.39 is 0 Å². The van der Waals surface area contributed by atoms with E-state index in [-0.39, 0.29) is 0 Å². The van der Waals surface area contributed by atoms with Crippen LogP contribution in [0.1, 0.15) is 22.7 Å². The van der Waals surface area contributed by atoms with E-state index in [9.17, 15) is 0 Å². The van der Waals surface area contributed by atoms with Crippen molar-refractivity contribution in [1.29, 1.82) is 0 Å². The molecule has 1 atom stereocenters. The first-order chi connectivity index (χ1) is 12.3. The van der Waals surface area contributed by atoms with Gasteiger partial charge in [-0.3, -0.25) is 0 Å². The van der Waals surface area contributed by atoms with Crippen molar-refractivity contribution in [3.63, 3.8) is 0 Å². The second-order valence-electron chi connectivity index (χ2n) is 6.10. The third-order valence-electron chi connectivity index (χ3n) is 4.39. The van der Waals surface area contributed by atoms with Gasteiger partial charge in [0.05, 0.1) is 7.11 Å². The fraction of sp³-hybridized carbons (Fsp3) is 0.182. The summed E-state index contributed by atoms with van der Waals surface area (Å²) in [6.07, 6.45) is 1.00. The third-order valence-corrected chi connectivity index (χ3v) is 4.88. The number of rotatable bonds is 7. The minimum atomic E-state index is 0.368. The zero-order chi connectivity index (χ0) is 17.5. The van der Waals surface area contributed by atoms with E-state index in [4.69, 9.17) is 4.74 Å². The maximum Gasteiger partial charge on any atom is 0.127 e. The second-order valence-corrected chi connectivity index (χ2v) is 7.02. The first-order valence-corrected chi connectivity index (χ1v) is 9.30. The van der Waals surface area contributed by atoms with Gasteiger partial charge in [-0.2, -0.15) is 0 Å². The van der Waals surface area contributed by atoms with Gasteiger partial charge in [0.1, 0.15) is 18.3 Å². The molecule has 0 unspecified atom stereocenters. The van der Waals surface area contributed by atoms with Gasteiger partial charge in [-0.05, 0) is 23.8 Å². The third kappa shape index (κ3) is 4.94. The fourth-order valence-electron chi connectivity index (χ4n) is 3.08. The number of halogens is 1.